The minimum atomic E-state index is -0.589. The lowest BCUT2D eigenvalue weighted by Gasteiger charge is -2.27. The van der Waals surface area contributed by atoms with Gasteiger partial charge < -0.3 is 19.7 Å². The van der Waals surface area contributed by atoms with Gasteiger partial charge in [-0.3, -0.25) is 4.79 Å². The van der Waals surface area contributed by atoms with E-state index in [1.165, 1.54) is 15.6 Å². The molecule has 142 valence electrons. The summed E-state index contributed by atoms with van der Waals surface area (Å²) in [6.07, 6.45) is 4.34. The summed E-state index contributed by atoms with van der Waals surface area (Å²) in [5.74, 6) is -0.297. The Morgan fingerprint density at radius 1 is 1.31 bits per heavy atom. The molecule has 2 amide bonds. The van der Waals surface area contributed by atoms with Crippen molar-refractivity contribution in [3.05, 3.63) is 30.2 Å². The number of rotatable bonds is 7. The molecule has 0 aromatic carbocycles. The van der Waals surface area contributed by atoms with Crippen molar-refractivity contribution in [2.45, 2.75) is 26.4 Å². The van der Waals surface area contributed by atoms with Crippen LogP contribution in [-0.2, 0) is 9.47 Å². The number of ether oxygens (including phenoxy) is 2. The maximum atomic E-state index is 12.4. The fraction of sp³-hybridized carbons (Fsp3) is 0.529. The van der Waals surface area contributed by atoms with Crippen LogP contribution in [0.25, 0.3) is 5.65 Å². The largest absolute Gasteiger partial charge is 0.444 e. The van der Waals surface area contributed by atoms with Gasteiger partial charge in [0.2, 0.25) is 0 Å². The third-order valence-corrected chi connectivity index (χ3v) is 3.41. The first-order chi connectivity index (χ1) is 12.3. The summed E-state index contributed by atoms with van der Waals surface area (Å²) in [5, 5.41) is 6.86. The van der Waals surface area contributed by atoms with Crippen molar-refractivity contribution in [3.63, 3.8) is 0 Å². The zero-order valence-corrected chi connectivity index (χ0v) is 15.6. The van der Waals surface area contributed by atoms with Gasteiger partial charge in [0.05, 0.1) is 12.8 Å². The van der Waals surface area contributed by atoms with Crippen molar-refractivity contribution >= 4 is 17.6 Å². The second-order valence-electron chi connectivity index (χ2n) is 6.66. The predicted octanol–water partition coefficient (Wildman–Crippen LogP) is 1.34. The van der Waals surface area contributed by atoms with E-state index in [9.17, 15) is 9.59 Å². The van der Waals surface area contributed by atoms with Gasteiger partial charge in [-0.05, 0) is 26.8 Å². The lowest BCUT2D eigenvalue weighted by Crippen LogP contribution is -2.42. The van der Waals surface area contributed by atoms with Crippen molar-refractivity contribution in [1.29, 1.82) is 0 Å². The number of carbonyl (C=O) groups excluding carboxylic acids is 2. The second kappa shape index (κ2) is 8.61. The van der Waals surface area contributed by atoms with Gasteiger partial charge in [0.25, 0.3) is 5.91 Å². The standard InChI is InChI=1S/C17H25N5O4/c1-17(2,3)26-16(24)21(10-11-25-4)9-7-19-15(23)13-12-20-22-8-5-6-18-14(13)22/h5-6,8,12H,7,9-11H2,1-4H3,(H,19,23). The van der Waals surface area contributed by atoms with Crippen LogP contribution >= 0.6 is 0 Å². The number of carbonyl (C=O) groups is 2. The smallest absolute Gasteiger partial charge is 0.410 e. The summed E-state index contributed by atoms with van der Waals surface area (Å²) >= 11 is 0. The first-order valence-electron chi connectivity index (χ1n) is 8.35. The summed E-state index contributed by atoms with van der Waals surface area (Å²) in [6, 6.07) is 1.73. The Morgan fingerprint density at radius 3 is 2.77 bits per heavy atom. The number of hydrogen-bond donors (Lipinski definition) is 1. The Bertz CT molecular complexity index is 753. The number of hydrogen-bond acceptors (Lipinski definition) is 6. The maximum Gasteiger partial charge on any atom is 0.410 e. The number of amides is 2. The first kappa shape index (κ1) is 19.6. The van der Waals surface area contributed by atoms with E-state index in [-0.39, 0.29) is 12.5 Å². The van der Waals surface area contributed by atoms with E-state index in [1.807, 2.05) is 0 Å². The van der Waals surface area contributed by atoms with E-state index >= 15 is 0 Å². The van der Waals surface area contributed by atoms with Crippen LogP contribution in [0.2, 0.25) is 0 Å². The van der Waals surface area contributed by atoms with Crippen molar-refractivity contribution in [1.82, 2.24) is 24.8 Å². The van der Waals surface area contributed by atoms with Gasteiger partial charge in [-0.25, -0.2) is 14.3 Å². The molecule has 2 heterocycles. The monoisotopic (exact) mass is 363 g/mol. The average molecular weight is 363 g/mol. The molecule has 0 radical (unpaired) electrons. The molecule has 1 N–H and O–H groups in total. The van der Waals surface area contributed by atoms with Crippen molar-refractivity contribution in [3.8, 4) is 0 Å². The highest BCUT2D eigenvalue weighted by molar-refractivity contribution is 5.99. The first-order valence-corrected chi connectivity index (χ1v) is 8.35. The lowest BCUT2D eigenvalue weighted by molar-refractivity contribution is 0.0203. The fourth-order valence-corrected chi connectivity index (χ4v) is 2.21. The third-order valence-electron chi connectivity index (χ3n) is 3.41. The number of nitrogens with one attached hydrogen (secondary N) is 1. The van der Waals surface area contributed by atoms with Crippen molar-refractivity contribution < 1.29 is 19.1 Å². The van der Waals surface area contributed by atoms with E-state index in [0.29, 0.717) is 30.9 Å². The summed E-state index contributed by atoms with van der Waals surface area (Å²) in [5.41, 5.74) is 0.272. The van der Waals surface area contributed by atoms with Crippen LogP contribution in [0.1, 0.15) is 31.1 Å². The highest BCUT2D eigenvalue weighted by atomic mass is 16.6. The highest BCUT2D eigenvalue weighted by Gasteiger charge is 2.22. The number of aromatic nitrogens is 3. The zero-order chi connectivity index (χ0) is 19.2. The Morgan fingerprint density at radius 2 is 2.08 bits per heavy atom. The molecule has 9 nitrogen and oxygen atoms in total. The second-order valence-corrected chi connectivity index (χ2v) is 6.66. The van der Waals surface area contributed by atoms with Gasteiger partial charge in [-0.15, -0.1) is 0 Å². The normalized spacial score (nSPS) is 11.4. The van der Waals surface area contributed by atoms with E-state index in [2.05, 4.69) is 15.4 Å². The molecule has 0 spiro atoms. The van der Waals surface area contributed by atoms with Gasteiger partial charge in [0.1, 0.15) is 11.2 Å². The summed E-state index contributed by atoms with van der Waals surface area (Å²) in [7, 11) is 1.56. The number of fused-ring (bicyclic) bond motifs is 1. The molecule has 0 saturated carbocycles. The molecule has 0 fully saturated rings. The molecule has 0 bridgehead atoms. The molecular formula is C17H25N5O4. The van der Waals surface area contributed by atoms with Crippen LogP contribution in [0.5, 0.6) is 0 Å². The van der Waals surface area contributed by atoms with E-state index in [4.69, 9.17) is 9.47 Å². The molecule has 0 aliphatic heterocycles. The van der Waals surface area contributed by atoms with Crippen LogP contribution in [-0.4, -0.2) is 70.5 Å². The zero-order valence-electron chi connectivity index (χ0n) is 15.6. The topological polar surface area (TPSA) is 98.1 Å². The third kappa shape index (κ3) is 5.41. The predicted molar refractivity (Wildman–Crippen MR) is 95.0 cm³/mol. The summed E-state index contributed by atoms with van der Waals surface area (Å²) < 4.78 is 11.9. The Hall–Kier alpha value is -2.68. The van der Waals surface area contributed by atoms with Gasteiger partial charge >= 0.3 is 6.09 Å². The molecule has 9 heteroatoms. The van der Waals surface area contributed by atoms with Gasteiger partial charge in [0.15, 0.2) is 5.65 Å². The maximum absolute atomic E-state index is 12.4. The van der Waals surface area contributed by atoms with E-state index in [1.54, 1.807) is 46.3 Å². The Labute approximate surface area is 152 Å². The minimum absolute atomic E-state index is 0.270. The van der Waals surface area contributed by atoms with Crippen LogP contribution in [0.4, 0.5) is 4.79 Å². The van der Waals surface area contributed by atoms with Crippen LogP contribution in [0.15, 0.2) is 24.7 Å². The average Bonchev–Trinajstić information content (AvgIpc) is 3.00. The molecule has 2 rings (SSSR count). The van der Waals surface area contributed by atoms with Gasteiger partial charge in [-0.1, -0.05) is 0 Å². The Kier molecular flexibility index (Phi) is 6.51. The summed E-state index contributed by atoms with van der Waals surface area (Å²) in [4.78, 5) is 30.3. The van der Waals surface area contributed by atoms with E-state index < -0.39 is 11.7 Å². The SMILES string of the molecule is COCCN(CCNC(=O)c1cnn2cccnc12)C(=O)OC(C)(C)C. The molecule has 2 aromatic rings. The minimum Gasteiger partial charge on any atom is -0.444 e. The van der Waals surface area contributed by atoms with Gasteiger partial charge in [0, 0.05) is 39.1 Å². The molecule has 0 unspecified atom stereocenters. The summed E-state index contributed by atoms with van der Waals surface area (Å²) in [6.45, 7) is 6.74. The highest BCUT2D eigenvalue weighted by Crippen LogP contribution is 2.10. The van der Waals surface area contributed by atoms with Crippen LogP contribution < -0.4 is 5.32 Å². The molecule has 26 heavy (non-hydrogen) atoms. The van der Waals surface area contributed by atoms with Crippen LogP contribution in [0.3, 0.4) is 0 Å². The Balaban J connectivity index is 1.93. The van der Waals surface area contributed by atoms with Crippen molar-refractivity contribution in [2.75, 3.05) is 33.4 Å². The molecule has 0 aliphatic carbocycles. The quantitative estimate of drug-likeness (QED) is 0.797. The lowest BCUT2D eigenvalue weighted by atomic mass is 10.2. The molecule has 2 aromatic heterocycles. The molecule has 0 aliphatic rings. The molecular weight excluding hydrogens is 338 g/mol. The molecule has 0 saturated heterocycles. The molecule has 0 atom stereocenters. The van der Waals surface area contributed by atoms with Gasteiger partial charge in [-0.2, -0.15) is 5.10 Å². The number of nitrogens with zero attached hydrogens (tertiary/aromatic N) is 4. The van der Waals surface area contributed by atoms with Crippen LogP contribution in [0, 0.1) is 0 Å². The van der Waals surface area contributed by atoms with Crippen molar-refractivity contribution in [2.24, 2.45) is 0 Å². The van der Waals surface area contributed by atoms with E-state index in [0.717, 1.165) is 0 Å². The fourth-order valence-electron chi connectivity index (χ4n) is 2.21. The number of methoxy groups -OCH3 is 1.